The fourth-order valence-corrected chi connectivity index (χ4v) is 2.30. The molecule has 0 aromatic carbocycles. The van der Waals surface area contributed by atoms with Gasteiger partial charge in [-0.3, -0.25) is 4.79 Å². The third kappa shape index (κ3) is 4.15. The second-order valence-electron chi connectivity index (χ2n) is 5.29. The van der Waals surface area contributed by atoms with Crippen LogP contribution in [-0.4, -0.2) is 27.7 Å². The lowest BCUT2D eigenvalue weighted by molar-refractivity contribution is -0.115. The SMILES string of the molecule is C=CC(O)(C/C=C/[C@@H]1C(=C)C(=O)C[C@H]1O)CCCC. The van der Waals surface area contributed by atoms with Crippen LogP contribution < -0.4 is 0 Å². The quantitative estimate of drug-likeness (QED) is 0.549. The summed E-state index contributed by atoms with van der Waals surface area (Å²) in [6, 6.07) is 0. The molecule has 0 radical (unpaired) electrons. The average molecular weight is 264 g/mol. The second-order valence-corrected chi connectivity index (χ2v) is 5.29. The molecular formula is C16H24O3. The Morgan fingerprint density at radius 3 is 2.68 bits per heavy atom. The van der Waals surface area contributed by atoms with Crippen molar-refractivity contribution in [1.29, 1.82) is 0 Å². The number of hydrogen-bond acceptors (Lipinski definition) is 3. The van der Waals surface area contributed by atoms with Crippen molar-refractivity contribution in [2.45, 2.75) is 50.7 Å². The molecule has 3 heteroatoms. The minimum Gasteiger partial charge on any atom is -0.392 e. The van der Waals surface area contributed by atoms with Crippen LogP contribution in [0.1, 0.15) is 39.0 Å². The molecule has 1 aliphatic carbocycles. The first-order valence-electron chi connectivity index (χ1n) is 6.86. The molecule has 106 valence electrons. The summed E-state index contributed by atoms with van der Waals surface area (Å²) in [6.45, 7) is 9.45. The Morgan fingerprint density at radius 2 is 2.21 bits per heavy atom. The highest BCUT2D eigenvalue weighted by Crippen LogP contribution is 2.29. The van der Waals surface area contributed by atoms with Gasteiger partial charge in [-0.1, -0.05) is 44.6 Å². The summed E-state index contributed by atoms with van der Waals surface area (Å²) in [4.78, 5) is 11.4. The van der Waals surface area contributed by atoms with Gasteiger partial charge in [0.05, 0.1) is 11.7 Å². The number of aliphatic hydroxyl groups is 2. The molecule has 0 heterocycles. The molecule has 1 fully saturated rings. The summed E-state index contributed by atoms with van der Waals surface area (Å²) in [5.74, 6) is -0.389. The number of aliphatic hydroxyl groups excluding tert-OH is 1. The molecule has 2 N–H and O–H groups in total. The van der Waals surface area contributed by atoms with Crippen molar-refractivity contribution in [3.63, 3.8) is 0 Å². The zero-order valence-electron chi connectivity index (χ0n) is 11.6. The zero-order valence-corrected chi connectivity index (χ0v) is 11.6. The first-order valence-corrected chi connectivity index (χ1v) is 6.86. The van der Waals surface area contributed by atoms with Gasteiger partial charge in [0, 0.05) is 12.3 Å². The molecule has 0 amide bonds. The van der Waals surface area contributed by atoms with E-state index in [9.17, 15) is 15.0 Å². The van der Waals surface area contributed by atoms with E-state index in [4.69, 9.17) is 0 Å². The molecule has 0 spiro atoms. The van der Waals surface area contributed by atoms with Gasteiger partial charge in [-0.25, -0.2) is 0 Å². The Labute approximate surface area is 115 Å². The number of hydrogen-bond donors (Lipinski definition) is 2. The van der Waals surface area contributed by atoms with E-state index in [1.807, 2.05) is 6.08 Å². The van der Waals surface area contributed by atoms with Gasteiger partial charge in [-0.15, -0.1) is 6.58 Å². The van der Waals surface area contributed by atoms with Gasteiger partial charge in [0.2, 0.25) is 0 Å². The largest absolute Gasteiger partial charge is 0.392 e. The molecule has 1 aliphatic rings. The number of Topliss-reactive ketones (excluding diaryl/α,β-unsaturated/α-hetero) is 1. The lowest BCUT2D eigenvalue weighted by Gasteiger charge is -2.22. The lowest BCUT2D eigenvalue weighted by Crippen LogP contribution is -2.24. The molecule has 0 aromatic heterocycles. The van der Waals surface area contributed by atoms with Gasteiger partial charge >= 0.3 is 0 Å². The molecule has 0 aromatic rings. The normalized spacial score (nSPS) is 26.9. The maximum atomic E-state index is 11.4. The summed E-state index contributed by atoms with van der Waals surface area (Å²) in [5, 5.41) is 20.0. The summed E-state index contributed by atoms with van der Waals surface area (Å²) in [6.07, 6.45) is 7.70. The van der Waals surface area contributed by atoms with E-state index in [0.29, 0.717) is 18.4 Å². The standard InChI is InChI=1S/C16H24O3/c1-4-6-9-16(19,5-2)10-7-8-13-12(3)14(17)11-15(13)18/h5,7-8,13,15,18-19H,2-4,6,9-11H2,1H3/b8-7+/t13-,15-,16?/m1/s1. The molecular weight excluding hydrogens is 240 g/mol. The Kier molecular flexibility index (Phi) is 5.70. The van der Waals surface area contributed by atoms with Crippen LogP contribution in [0.25, 0.3) is 0 Å². The predicted molar refractivity (Wildman–Crippen MR) is 76.7 cm³/mol. The zero-order chi connectivity index (χ0) is 14.5. The smallest absolute Gasteiger partial charge is 0.161 e. The van der Waals surface area contributed by atoms with Crippen LogP contribution in [0.2, 0.25) is 0 Å². The molecule has 0 aliphatic heterocycles. The maximum Gasteiger partial charge on any atom is 0.161 e. The van der Waals surface area contributed by atoms with E-state index in [0.717, 1.165) is 12.8 Å². The molecule has 0 bridgehead atoms. The summed E-state index contributed by atoms with van der Waals surface area (Å²) in [5.41, 5.74) is -0.444. The highest BCUT2D eigenvalue weighted by molar-refractivity contribution is 5.98. The summed E-state index contributed by atoms with van der Waals surface area (Å²) in [7, 11) is 0. The van der Waals surface area contributed by atoms with Crippen molar-refractivity contribution in [3.8, 4) is 0 Å². The summed E-state index contributed by atoms with van der Waals surface area (Å²) >= 11 is 0. The Morgan fingerprint density at radius 1 is 1.53 bits per heavy atom. The van der Waals surface area contributed by atoms with Crippen LogP contribution in [0.15, 0.2) is 37.0 Å². The van der Waals surface area contributed by atoms with Crippen molar-refractivity contribution < 1.29 is 15.0 Å². The third-order valence-corrected chi connectivity index (χ3v) is 3.73. The highest BCUT2D eigenvalue weighted by atomic mass is 16.3. The van der Waals surface area contributed by atoms with Gasteiger partial charge in [-0.2, -0.15) is 0 Å². The highest BCUT2D eigenvalue weighted by Gasteiger charge is 2.33. The minimum absolute atomic E-state index is 0.0767. The van der Waals surface area contributed by atoms with Crippen LogP contribution in [0.3, 0.4) is 0 Å². The van der Waals surface area contributed by atoms with Crippen molar-refractivity contribution in [2.24, 2.45) is 5.92 Å². The fraction of sp³-hybridized carbons (Fsp3) is 0.562. The van der Waals surface area contributed by atoms with E-state index in [1.165, 1.54) is 0 Å². The predicted octanol–water partition coefficient (Wildman–Crippen LogP) is 2.55. The first kappa shape index (κ1) is 15.9. The fourth-order valence-electron chi connectivity index (χ4n) is 2.30. The molecule has 3 nitrogen and oxygen atoms in total. The molecule has 1 saturated carbocycles. The van der Waals surface area contributed by atoms with Gasteiger partial charge < -0.3 is 10.2 Å². The van der Waals surface area contributed by atoms with Crippen molar-refractivity contribution >= 4 is 5.78 Å². The summed E-state index contributed by atoms with van der Waals surface area (Å²) < 4.78 is 0. The average Bonchev–Trinajstić information content (AvgIpc) is 2.63. The minimum atomic E-state index is -0.901. The van der Waals surface area contributed by atoms with Crippen LogP contribution in [0, 0.1) is 5.92 Å². The topological polar surface area (TPSA) is 57.5 Å². The van der Waals surface area contributed by atoms with Crippen LogP contribution in [0.4, 0.5) is 0 Å². The van der Waals surface area contributed by atoms with E-state index in [2.05, 4.69) is 20.1 Å². The van der Waals surface area contributed by atoms with Gasteiger partial charge in [0.15, 0.2) is 5.78 Å². The van der Waals surface area contributed by atoms with Gasteiger partial charge in [0.1, 0.15) is 0 Å². The van der Waals surface area contributed by atoms with E-state index in [1.54, 1.807) is 12.2 Å². The molecule has 1 rings (SSSR count). The Balaban J connectivity index is 2.59. The Hall–Kier alpha value is -1.19. The van der Waals surface area contributed by atoms with Gasteiger partial charge in [-0.05, 0) is 18.4 Å². The number of unbranched alkanes of at least 4 members (excludes halogenated alkanes) is 1. The lowest BCUT2D eigenvalue weighted by atomic mass is 9.91. The number of carbonyl (C=O) groups excluding carboxylic acids is 1. The molecule has 1 unspecified atom stereocenters. The molecule has 3 atom stereocenters. The van der Waals surface area contributed by atoms with Gasteiger partial charge in [0.25, 0.3) is 0 Å². The van der Waals surface area contributed by atoms with E-state index in [-0.39, 0.29) is 18.1 Å². The van der Waals surface area contributed by atoms with Crippen molar-refractivity contribution in [1.82, 2.24) is 0 Å². The van der Waals surface area contributed by atoms with Crippen molar-refractivity contribution in [3.05, 3.63) is 37.0 Å². The maximum absolute atomic E-state index is 11.4. The number of rotatable bonds is 7. The second kappa shape index (κ2) is 6.83. The number of carbonyl (C=O) groups is 1. The Bertz CT molecular complexity index is 383. The monoisotopic (exact) mass is 264 g/mol. The van der Waals surface area contributed by atoms with E-state index >= 15 is 0 Å². The number of ketones is 1. The third-order valence-electron chi connectivity index (χ3n) is 3.73. The molecule has 19 heavy (non-hydrogen) atoms. The van der Waals surface area contributed by atoms with E-state index < -0.39 is 11.7 Å². The molecule has 0 saturated heterocycles. The first-order chi connectivity index (χ1) is 8.93. The van der Waals surface area contributed by atoms with Crippen molar-refractivity contribution in [2.75, 3.05) is 0 Å². The van der Waals surface area contributed by atoms with Crippen LogP contribution in [-0.2, 0) is 4.79 Å². The van der Waals surface area contributed by atoms with Crippen LogP contribution in [0.5, 0.6) is 0 Å². The van der Waals surface area contributed by atoms with Crippen LogP contribution >= 0.6 is 0 Å².